The van der Waals surface area contributed by atoms with Crippen LogP contribution in [0.2, 0.25) is 0 Å². The third kappa shape index (κ3) is 7.39. The second-order valence-electron chi connectivity index (χ2n) is 7.99. The zero-order valence-electron chi connectivity index (χ0n) is 19.1. The highest BCUT2D eigenvalue weighted by atomic mass is 79.9. The number of hydrogen-bond acceptors (Lipinski definition) is 3. The van der Waals surface area contributed by atoms with Gasteiger partial charge in [0.1, 0.15) is 11.8 Å². The molecular formula is C25H33BrN2O3. The molecular weight excluding hydrogens is 456 g/mol. The summed E-state index contributed by atoms with van der Waals surface area (Å²) in [7, 11) is 0. The van der Waals surface area contributed by atoms with E-state index in [1.807, 2.05) is 57.2 Å². The van der Waals surface area contributed by atoms with Crippen LogP contribution in [0.25, 0.3) is 0 Å². The van der Waals surface area contributed by atoms with Crippen molar-refractivity contribution in [3.05, 3.63) is 63.1 Å². The molecule has 0 heterocycles. The van der Waals surface area contributed by atoms with Gasteiger partial charge in [0.25, 0.3) is 5.91 Å². The maximum atomic E-state index is 13.1. The molecule has 1 N–H and O–H groups in total. The van der Waals surface area contributed by atoms with Gasteiger partial charge in [-0.05, 0) is 62.9 Å². The first-order chi connectivity index (χ1) is 14.7. The van der Waals surface area contributed by atoms with Gasteiger partial charge >= 0.3 is 0 Å². The quantitative estimate of drug-likeness (QED) is 0.474. The van der Waals surface area contributed by atoms with Gasteiger partial charge in [-0.1, -0.05) is 59.1 Å². The number of nitrogens with one attached hydrogen (secondary N) is 1. The molecule has 0 fully saturated rings. The molecule has 1 unspecified atom stereocenters. The number of hydrogen-bond donors (Lipinski definition) is 1. The molecule has 0 bridgehead atoms. The number of carbonyl (C=O) groups is 2. The minimum Gasteiger partial charge on any atom is -0.484 e. The first-order valence-electron chi connectivity index (χ1n) is 10.7. The van der Waals surface area contributed by atoms with E-state index in [2.05, 4.69) is 28.2 Å². The summed E-state index contributed by atoms with van der Waals surface area (Å²) in [5, 5.41) is 2.93. The molecule has 0 radical (unpaired) electrons. The number of carbonyl (C=O) groups excluding carboxylic acids is 2. The lowest BCUT2D eigenvalue weighted by atomic mass is 10.1. The first kappa shape index (κ1) is 24.9. The van der Waals surface area contributed by atoms with Gasteiger partial charge in [-0.2, -0.15) is 0 Å². The number of benzene rings is 2. The summed E-state index contributed by atoms with van der Waals surface area (Å²) in [6, 6.07) is 11.2. The predicted octanol–water partition coefficient (Wildman–Crippen LogP) is 5.09. The Morgan fingerprint density at radius 3 is 2.29 bits per heavy atom. The summed E-state index contributed by atoms with van der Waals surface area (Å²) in [5.41, 5.74) is 4.21. The SMILES string of the molecule is CCCCNC(=O)C(C)N(Cc1ccc(C)cc1)C(=O)COc1cc(C)c(Br)c(C)c1. The minimum absolute atomic E-state index is 0.126. The molecule has 0 aliphatic carbocycles. The molecule has 6 heteroatoms. The second-order valence-corrected chi connectivity index (χ2v) is 8.78. The van der Waals surface area contributed by atoms with Crippen LogP contribution in [-0.4, -0.2) is 35.9 Å². The smallest absolute Gasteiger partial charge is 0.261 e. The van der Waals surface area contributed by atoms with E-state index >= 15 is 0 Å². The van der Waals surface area contributed by atoms with E-state index in [1.54, 1.807) is 11.8 Å². The first-order valence-corrected chi connectivity index (χ1v) is 11.5. The molecule has 2 aromatic rings. The van der Waals surface area contributed by atoms with Crippen LogP contribution < -0.4 is 10.1 Å². The summed E-state index contributed by atoms with van der Waals surface area (Å²) in [6.45, 7) is 10.7. The Kier molecular flexibility index (Phi) is 9.56. The Hall–Kier alpha value is -2.34. The summed E-state index contributed by atoms with van der Waals surface area (Å²) in [5.74, 6) is 0.267. The fourth-order valence-electron chi connectivity index (χ4n) is 3.23. The molecule has 0 saturated carbocycles. The number of ether oxygens (including phenoxy) is 1. The Bertz CT molecular complexity index is 873. The van der Waals surface area contributed by atoms with Crippen LogP contribution in [0.1, 0.15) is 48.9 Å². The van der Waals surface area contributed by atoms with Crippen molar-refractivity contribution in [2.75, 3.05) is 13.2 Å². The Labute approximate surface area is 194 Å². The summed E-state index contributed by atoms with van der Waals surface area (Å²) < 4.78 is 6.84. The molecule has 2 amide bonds. The van der Waals surface area contributed by atoms with Crippen LogP contribution >= 0.6 is 15.9 Å². The molecule has 0 aliphatic heterocycles. The van der Waals surface area contributed by atoms with Gasteiger partial charge in [0.05, 0.1) is 0 Å². The van der Waals surface area contributed by atoms with Crippen LogP contribution in [0.15, 0.2) is 40.9 Å². The zero-order valence-corrected chi connectivity index (χ0v) is 20.7. The van der Waals surface area contributed by atoms with Gasteiger partial charge in [0, 0.05) is 17.6 Å². The van der Waals surface area contributed by atoms with Crippen LogP contribution in [0.3, 0.4) is 0 Å². The van der Waals surface area contributed by atoms with Gasteiger partial charge in [-0.3, -0.25) is 9.59 Å². The van der Waals surface area contributed by atoms with Gasteiger partial charge in [0.2, 0.25) is 5.91 Å². The Morgan fingerprint density at radius 2 is 1.71 bits per heavy atom. The highest BCUT2D eigenvalue weighted by Gasteiger charge is 2.26. The fraction of sp³-hybridized carbons (Fsp3) is 0.440. The highest BCUT2D eigenvalue weighted by Crippen LogP contribution is 2.26. The molecule has 1 atom stereocenters. The van der Waals surface area contributed by atoms with Crippen molar-refractivity contribution >= 4 is 27.7 Å². The minimum atomic E-state index is -0.595. The fourth-order valence-corrected chi connectivity index (χ4v) is 3.46. The summed E-state index contributed by atoms with van der Waals surface area (Å²) >= 11 is 3.54. The number of halogens is 1. The van der Waals surface area contributed by atoms with Crippen molar-refractivity contribution in [1.29, 1.82) is 0 Å². The number of nitrogens with zero attached hydrogens (tertiary/aromatic N) is 1. The maximum Gasteiger partial charge on any atom is 0.261 e. The van der Waals surface area contributed by atoms with Crippen LogP contribution in [-0.2, 0) is 16.1 Å². The van der Waals surface area contributed by atoms with Crippen molar-refractivity contribution in [2.24, 2.45) is 0 Å². The predicted molar refractivity (Wildman–Crippen MR) is 128 cm³/mol. The average Bonchev–Trinajstić information content (AvgIpc) is 2.74. The van der Waals surface area contributed by atoms with Crippen molar-refractivity contribution in [2.45, 2.75) is 60.0 Å². The lowest BCUT2D eigenvalue weighted by Gasteiger charge is -2.29. The number of unbranched alkanes of at least 4 members (excludes halogenated alkanes) is 1. The van der Waals surface area contributed by atoms with Crippen molar-refractivity contribution < 1.29 is 14.3 Å². The maximum absolute atomic E-state index is 13.1. The van der Waals surface area contributed by atoms with E-state index in [1.165, 1.54) is 0 Å². The molecule has 2 rings (SSSR count). The summed E-state index contributed by atoms with van der Waals surface area (Å²) in [6.07, 6.45) is 1.91. The van der Waals surface area contributed by atoms with E-state index in [-0.39, 0.29) is 18.4 Å². The summed E-state index contributed by atoms with van der Waals surface area (Å²) in [4.78, 5) is 27.4. The van der Waals surface area contributed by atoms with Crippen molar-refractivity contribution in [3.63, 3.8) is 0 Å². The number of rotatable bonds is 10. The van der Waals surface area contributed by atoms with Gasteiger partial charge in [0.15, 0.2) is 6.61 Å². The Balaban J connectivity index is 2.14. The van der Waals surface area contributed by atoms with Crippen molar-refractivity contribution in [1.82, 2.24) is 10.2 Å². The van der Waals surface area contributed by atoms with E-state index in [9.17, 15) is 9.59 Å². The largest absolute Gasteiger partial charge is 0.484 e. The zero-order chi connectivity index (χ0) is 23.0. The number of aryl methyl sites for hydroxylation is 3. The van der Waals surface area contributed by atoms with Crippen molar-refractivity contribution in [3.8, 4) is 5.75 Å². The van der Waals surface area contributed by atoms with Crippen LogP contribution in [0.4, 0.5) is 0 Å². The molecule has 0 aromatic heterocycles. The lowest BCUT2D eigenvalue weighted by molar-refractivity contribution is -0.142. The monoisotopic (exact) mass is 488 g/mol. The molecule has 2 aromatic carbocycles. The van der Waals surface area contributed by atoms with E-state index < -0.39 is 6.04 Å². The third-order valence-electron chi connectivity index (χ3n) is 5.24. The van der Waals surface area contributed by atoms with E-state index in [0.29, 0.717) is 18.8 Å². The molecule has 5 nitrogen and oxygen atoms in total. The van der Waals surface area contributed by atoms with Gasteiger partial charge in [-0.15, -0.1) is 0 Å². The van der Waals surface area contributed by atoms with Crippen LogP contribution in [0.5, 0.6) is 5.75 Å². The number of amides is 2. The second kappa shape index (κ2) is 11.9. The average molecular weight is 489 g/mol. The molecule has 31 heavy (non-hydrogen) atoms. The third-order valence-corrected chi connectivity index (χ3v) is 6.49. The molecule has 0 aliphatic rings. The lowest BCUT2D eigenvalue weighted by Crippen LogP contribution is -2.49. The molecule has 0 saturated heterocycles. The topological polar surface area (TPSA) is 58.6 Å². The van der Waals surface area contributed by atoms with Gasteiger partial charge < -0.3 is 15.0 Å². The van der Waals surface area contributed by atoms with Gasteiger partial charge in [-0.25, -0.2) is 0 Å². The van der Waals surface area contributed by atoms with Crippen LogP contribution in [0, 0.1) is 20.8 Å². The normalized spacial score (nSPS) is 11.7. The highest BCUT2D eigenvalue weighted by molar-refractivity contribution is 9.10. The molecule has 0 spiro atoms. The van der Waals surface area contributed by atoms with E-state index in [4.69, 9.17) is 4.74 Å². The standard InChI is InChI=1S/C25H33BrN2O3/c1-6-7-12-27-25(30)20(5)28(15-21-10-8-17(2)9-11-21)23(29)16-31-22-13-18(3)24(26)19(4)14-22/h8-11,13-14,20H,6-7,12,15-16H2,1-5H3,(H,27,30). The van der Waals surface area contributed by atoms with E-state index in [0.717, 1.165) is 39.6 Å². The Morgan fingerprint density at radius 1 is 1.10 bits per heavy atom. The molecule has 168 valence electrons.